The summed E-state index contributed by atoms with van der Waals surface area (Å²) in [5.41, 5.74) is 13.3. The Balaban J connectivity index is 1.20. The van der Waals surface area contributed by atoms with Crippen LogP contribution in [-0.4, -0.2) is 53.0 Å². The molecule has 2 aliphatic rings. The molecule has 8 nitrogen and oxygen atoms in total. The third-order valence-corrected chi connectivity index (χ3v) is 8.65. The maximum Gasteiger partial charge on any atom is 0.305 e. The molecule has 1 aliphatic carbocycles. The Bertz CT molecular complexity index is 1610. The summed E-state index contributed by atoms with van der Waals surface area (Å²) in [5.74, 6) is 0.0737. The first-order valence-electron chi connectivity index (χ1n) is 15.3. The van der Waals surface area contributed by atoms with Gasteiger partial charge in [-0.2, -0.15) is 0 Å². The number of aliphatic carboxylic acids is 1. The molecule has 44 heavy (non-hydrogen) atoms. The smallest absolute Gasteiger partial charge is 0.305 e. The fourth-order valence-corrected chi connectivity index (χ4v) is 6.05. The van der Waals surface area contributed by atoms with Crippen LogP contribution in [0.4, 0.5) is 17.2 Å². The summed E-state index contributed by atoms with van der Waals surface area (Å²) < 4.78 is 0. The van der Waals surface area contributed by atoms with Gasteiger partial charge in [0.05, 0.1) is 23.8 Å². The number of pyridine rings is 1. The minimum absolute atomic E-state index is 0.0268. The molecule has 1 aromatic heterocycles. The minimum Gasteiger partial charge on any atom is -0.481 e. The number of carboxylic acids is 1. The molecule has 2 fully saturated rings. The number of carbonyl (C=O) groups is 2. The summed E-state index contributed by atoms with van der Waals surface area (Å²) in [6, 6.07) is 27.6. The van der Waals surface area contributed by atoms with Gasteiger partial charge in [-0.15, -0.1) is 0 Å². The van der Waals surface area contributed by atoms with Crippen LogP contribution in [0.3, 0.4) is 0 Å². The maximum atomic E-state index is 13.6. The summed E-state index contributed by atoms with van der Waals surface area (Å²) in [7, 11) is 0. The van der Waals surface area contributed by atoms with Crippen molar-refractivity contribution >= 4 is 29.1 Å². The molecule has 1 atom stereocenters. The van der Waals surface area contributed by atoms with Gasteiger partial charge in [-0.05, 0) is 72.4 Å². The zero-order valence-electron chi connectivity index (χ0n) is 25.1. The summed E-state index contributed by atoms with van der Waals surface area (Å²) in [5, 5.41) is 9.79. The fraction of sp³-hybridized carbons (Fsp3) is 0.306. The van der Waals surface area contributed by atoms with Crippen molar-refractivity contribution in [1.82, 2.24) is 9.88 Å². The van der Waals surface area contributed by atoms with Crippen LogP contribution < -0.4 is 15.5 Å². The molecule has 8 heteroatoms. The molecule has 1 saturated carbocycles. The van der Waals surface area contributed by atoms with Crippen LogP contribution in [0.25, 0.3) is 11.1 Å². The number of hydrogen-bond donors (Lipinski definition) is 2. The average molecular weight is 590 g/mol. The highest BCUT2D eigenvalue weighted by Crippen LogP contribution is 2.37. The van der Waals surface area contributed by atoms with E-state index in [-0.39, 0.29) is 18.2 Å². The van der Waals surface area contributed by atoms with E-state index in [4.69, 9.17) is 5.73 Å². The van der Waals surface area contributed by atoms with Gasteiger partial charge in [0.1, 0.15) is 5.82 Å². The van der Waals surface area contributed by atoms with E-state index in [1.165, 1.54) is 0 Å². The molecule has 4 aromatic rings. The number of anilines is 3. The summed E-state index contributed by atoms with van der Waals surface area (Å²) >= 11 is 0. The number of rotatable bonds is 10. The molecule has 3 N–H and O–H groups in total. The largest absolute Gasteiger partial charge is 0.481 e. The normalized spacial score (nSPS) is 15.6. The van der Waals surface area contributed by atoms with Gasteiger partial charge in [0, 0.05) is 44.8 Å². The Hall–Kier alpha value is -4.85. The predicted octanol–water partition coefficient (Wildman–Crippen LogP) is 5.92. The number of piperazine rings is 1. The quantitative estimate of drug-likeness (QED) is 0.221. The van der Waals surface area contributed by atoms with E-state index in [1.807, 2.05) is 79.9 Å². The van der Waals surface area contributed by atoms with E-state index < -0.39 is 12.0 Å². The number of nitrogen functional groups attached to an aromatic ring is 1. The summed E-state index contributed by atoms with van der Waals surface area (Å²) in [6.45, 7) is 5.81. The van der Waals surface area contributed by atoms with Crippen LogP contribution in [0, 0.1) is 12.8 Å². The van der Waals surface area contributed by atoms with E-state index in [2.05, 4.69) is 33.0 Å². The molecule has 226 valence electrons. The first kappa shape index (κ1) is 29.2. The van der Waals surface area contributed by atoms with E-state index >= 15 is 0 Å². The average Bonchev–Trinajstić information content (AvgIpc) is 3.89. The minimum atomic E-state index is -0.924. The second-order valence-corrected chi connectivity index (χ2v) is 11.9. The SMILES string of the molecule is Cc1ccc(C(CC(=O)O)N(Cc2cccc(-c3ccc(N4CCN(c5ccccn5)CC4)c(N)c3)c2)C(=O)C2CC2)cc1. The van der Waals surface area contributed by atoms with Crippen molar-refractivity contribution in [2.75, 3.05) is 41.7 Å². The van der Waals surface area contributed by atoms with E-state index in [1.54, 1.807) is 4.90 Å². The highest BCUT2D eigenvalue weighted by molar-refractivity contribution is 5.82. The number of hydrogen-bond acceptors (Lipinski definition) is 6. The van der Waals surface area contributed by atoms with Gasteiger partial charge in [0.2, 0.25) is 5.91 Å². The maximum absolute atomic E-state index is 13.6. The number of nitrogens with zero attached hydrogens (tertiary/aromatic N) is 4. The molecule has 0 spiro atoms. The number of carbonyl (C=O) groups excluding carboxylic acids is 1. The standard InChI is InChI=1S/C36H39N5O3/c1-25-8-10-27(11-9-25)33(23-35(42)43)41(36(44)28-12-13-28)24-26-5-4-6-29(21-26)30-14-15-32(31(37)22-30)39-17-19-40(20-18-39)34-7-2-3-16-38-34/h2-11,14-16,21-22,28,33H,12-13,17-20,23-24,37H2,1H3,(H,42,43). The van der Waals surface area contributed by atoms with Crippen molar-refractivity contribution < 1.29 is 14.7 Å². The van der Waals surface area contributed by atoms with Gasteiger partial charge in [-0.25, -0.2) is 4.98 Å². The van der Waals surface area contributed by atoms with Gasteiger partial charge in [0.15, 0.2) is 0 Å². The third-order valence-electron chi connectivity index (χ3n) is 8.65. The van der Waals surface area contributed by atoms with Crippen molar-refractivity contribution in [1.29, 1.82) is 0 Å². The highest BCUT2D eigenvalue weighted by Gasteiger charge is 2.37. The first-order chi connectivity index (χ1) is 21.4. The zero-order valence-corrected chi connectivity index (χ0v) is 25.1. The lowest BCUT2D eigenvalue weighted by molar-refractivity contribution is -0.142. The Morgan fingerprint density at radius 3 is 2.30 bits per heavy atom. The van der Waals surface area contributed by atoms with E-state index in [0.29, 0.717) is 6.54 Å². The summed E-state index contributed by atoms with van der Waals surface area (Å²) in [6.07, 6.45) is 3.39. The molecule has 1 saturated heterocycles. The van der Waals surface area contributed by atoms with E-state index in [0.717, 1.165) is 84.0 Å². The van der Waals surface area contributed by atoms with Gasteiger partial charge >= 0.3 is 5.97 Å². The molecular weight excluding hydrogens is 550 g/mol. The number of aryl methyl sites for hydroxylation is 1. The predicted molar refractivity (Wildman–Crippen MR) is 174 cm³/mol. The van der Waals surface area contributed by atoms with Crippen LogP contribution in [0.1, 0.15) is 42.0 Å². The van der Waals surface area contributed by atoms with Gasteiger partial charge in [-0.3, -0.25) is 9.59 Å². The fourth-order valence-electron chi connectivity index (χ4n) is 6.05. The van der Waals surface area contributed by atoms with Crippen molar-refractivity contribution in [2.45, 2.75) is 38.8 Å². The van der Waals surface area contributed by atoms with Gasteiger partial charge in [0.25, 0.3) is 0 Å². The van der Waals surface area contributed by atoms with Crippen LogP contribution in [0.2, 0.25) is 0 Å². The monoisotopic (exact) mass is 589 g/mol. The number of nitrogens with two attached hydrogens (primary N) is 1. The lowest BCUT2D eigenvalue weighted by Gasteiger charge is -2.37. The number of amides is 1. The van der Waals surface area contributed by atoms with Crippen molar-refractivity contribution in [3.8, 4) is 11.1 Å². The third kappa shape index (κ3) is 6.70. The first-order valence-corrected chi connectivity index (χ1v) is 15.3. The number of aromatic nitrogens is 1. The van der Waals surface area contributed by atoms with Crippen LogP contribution in [0.5, 0.6) is 0 Å². The van der Waals surface area contributed by atoms with Crippen LogP contribution >= 0.6 is 0 Å². The molecule has 2 heterocycles. The van der Waals surface area contributed by atoms with Gasteiger partial charge < -0.3 is 25.5 Å². The van der Waals surface area contributed by atoms with E-state index in [9.17, 15) is 14.7 Å². The molecule has 3 aromatic carbocycles. The molecule has 1 amide bonds. The number of carboxylic acid groups (broad SMARTS) is 1. The van der Waals surface area contributed by atoms with Crippen molar-refractivity contribution in [3.63, 3.8) is 0 Å². The topological polar surface area (TPSA) is 103 Å². The molecule has 0 bridgehead atoms. The molecular formula is C36H39N5O3. The molecule has 1 unspecified atom stereocenters. The molecule has 0 radical (unpaired) electrons. The highest BCUT2D eigenvalue weighted by atomic mass is 16.4. The van der Waals surface area contributed by atoms with Crippen molar-refractivity contribution in [3.05, 3.63) is 108 Å². The lowest BCUT2D eigenvalue weighted by atomic mass is 9.98. The Labute approximate surface area is 258 Å². The second kappa shape index (κ2) is 12.8. The molecule has 1 aliphatic heterocycles. The van der Waals surface area contributed by atoms with Crippen LogP contribution in [-0.2, 0) is 16.1 Å². The zero-order chi connectivity index (χ0) is 30.6. The Kier molecular flexibility index (Phi) is 8.50. The summed E-state index contributed by atoms with van der Waals surface area (Å²) in [4.78, 5) is 36.4. The number of benzene rings is 3. The second-order valence-electron chi connectivity index (χ2n) is 11.9. The van der Waals surface area contributed by atoms with Crippen LogP contribution in [0.15, 0.2) is 91.1 Å². The lowest BCUT2D eigenvalue weighted by Crippen LogP contribution is -2.47. The van der Waals surface area contributed by atoms with Crippen molar-refractivity contribution in [2.24, 2.45) is 5.92 Å². The Morgan fingerprint density at radius 1 is 0.909 bits per heavy atom. The molecule has 6 rings (SSSR count). The van der Waals surface area contributed by atoms with Gasteiger partial charge in [-0.1, -0.05) is 60.2 Å². The Morgan fingerprint density at radius 2 is 1.64 bits per heavy atom.